The standard InChI is InChI=1S/C34H34FN5O5/c1-2-44-31-17-22(18-36)7-9-28(31)39-14-12-38(13-15-39)19-23-6-8-24(27(35)16-23)21-45-30-5-3-4-25-26(30)20-40(34(25)43)29-10-11-32(41)37-33(29)42/h3-9,16-17,29H,2,10-15,19-21H2,1H3,(H,37,41,42). The summed E-state index contributed by atoms with van der Waals surface area (Å²) in [6, 6.07) is 17.3. The van der Waals surface area contributed by atoms with Crippen molar-refractivity contribution in [3.8, 4) is 17.6 Å². The Morgan fingerprint density at radius 3 is 2.56 bits per heavy atom. The number of ether oxygens (including phenoxy) is 2. The normalized spacial score (nSPS) is 18.4. The molecule has 2 fully saturated rings. The number of imide groups is 1. The maximum atomic E-state index is 15.2. The summed E-state index contributed by atoms with van der Waals surface area (Å²) in [5.41, 5.74) is 3.90. The summed E-state index contributed by atoms with van der Waals surface area (Å²) in [4.78, 5) is 43.0. The number of amides is 3. The van der Waals surface area contributed by atoms with E-state index in [4.69, 9.17) is 9.47 Å². The molecular weight excluding hydrogens is 577 g/mol. The molecule has 11 heteroatoms. The topological polar surface area (TPSA) is 115 Å². The average molecular weight is 612 g/mol. The van der Waals surface area contributed by atoms with Crippen LogP contribution in [0.3, 0.4) is 0 Å². The molecule has 1 N–H and O–H groups in total. The Labute approximate surface area is 260 Å². The third-order valence-corrected chi connectivity index (χ3v) is 8.55. The number of halogens is 1. The molecule has 0 bridgehead atoms. The van der Waals surface area contributed by atoms with Gasteiger partial charge in [0.1, 0.15) is 30.0 Å². The van der Waals surface area contributed by atoms with Gasteiger partial charge in [-0.25, -0.2) is 4.39 Å². The van der Waals surface area contributed by atoms with Crippen molar-refractivity contribution in [2.24, 2.45) is 0 Å². The third-order valence-electron chi connectivity index (χ3n) is 8.55. The van der Waals surface area contributed by atoms with Crippen molar-refractivity contribution in [1.82, 2.24) is 15.1 Å². The second-order valence-electron chi connectivity index (χ2n) is 11.4. The molecule has 0 aromatic heterocycles. The Hall–Kier alpha value is -4.95. The number of nitriles is 1. The van der Waals surface area contributed by atoms with Crippen LogP contribution in [0, 0.1) is 17.1 Å². The van der Waals surface area contributed by atoms with Crippen LogP contribution in [-0.4, -0.2) is 66.3 Å². The molecule has 45 heavy (non-hydrogen) atoms. The van der Waals surface area contributed by atoms with Gasteiger partial charge in [-0.05, 0) is 49.2 Å². The number of anilines is 1. The van der Waals surface area contributed by atoms with Gasteiger partial charge in [0.2, 0.25) is 11.8 Å². The average Bonchev–Trinajstić information content (AvgIpc) is 3.37. The molecule has 2 saturated heterocycles. The van der Waals surface area contributed by atoms with E-state index in [9.17, 15) is 19.6 Å². The molecule has 0 spiro atoms. The number of piperidine rings is 1. The monoisotopic (exact) mass is 611 g/mol. The number of rotatable bonds is 9. The summed E-state index contributed by atoms with van der Waals surface area (Å²) in [5.74, 6) is -0.278. The molecule has 3 aliphatic heterocycles. The number of benzene rings is 3. The lowest BCUT2D eigenvalue weighted by atomic mass is 10.0. The Morgan fingerprint density at radius 2 is 1.82 bits per heavy atom. The zero-order valence-corrected chi connectivity index (χ0v) is 25.1. The van der Waals surface area contributed by atoms with Crippen LogP contribution in [0.5, 0.6) is 11.5 Å². The number of nitrogens with one attached hydrogen (secondary N) is 1. The number of piperazine rings is 1. The first-order chi connectivity index (χ1) is 21.8. The molecule has 3 aromatic carbocycles. The maximum absolute atomic E-state index is 15.2. The van der Waals surface area contributed by atoms with Gasteiger partial charge in [0.05, 0.1) is 30.5 Å². The van der Waals surface area contributed by atoms with E-state index in [1.54, 1.807) is 42.5 Å². The molecule has 1 unspecified atom stereocenters. The van der Waals surface area contributed by atoms with E-state index >= 15 is 4.39 Å². The van der Waals surface area contributed by atoms with E-state index in [1.807, 2.05) is 19.1 Å². The van der Waals surface area contributed by atoms with Gasteiger partial charge >= 0.3 is 0 Å². The van der Waals surface area contributed by atoms with Crippen molar-refractivity contribution < 1.29 is 28.2 Å². The summed E-state index contributed by atoms with van der Waals surface area (Å²) in [7, 11) is 0. The molecule has 3 amide bonds. The molecule has 232 valence electrons. The van der Waals surface area contributed by atoms with Crippen LogP contribution in [0.15, 0.2) is 54.6 Å². The van der Waals surface area contributed by atoms with Crippen molar-refractivity contribution >= 4 is 23.4 Å². The fourth-order valence-electron chi connectivity index (χ4n) is 6.18. The molecule has 0 saturated carbocycles. The fourth-order valence-corrected chi connectivity index (χ4v) is 6.18. The predicted octanol–water partition coefficient (Wildman–Crippen LogP) is 3.76. The van der Waals surface area contributed by atoms with Crippen LogP contribution >= 0.6 is 0 Å². The highest BCUT2D eigenvalue weighted by Crippen LogP contribution is 2.34. The van der Waals surface area contributed by atoms with Gasteiger partial charge in [-0.1, -0.05) is 18.2 Å². The second kappa shape index (κ2) is 13.0. The summed E-state index contributed by atoms with van der Waals surface area (Å²) in [6.07, 6.45) is 0.457. The van der Waals surface area contributed by atoms with E-state index in [-0.39, 0.29) is 43.6 Å². The molecule has 1 atom stereocenters. The zero-order chi connectivity index (χ0) is 31.5. The van der Waals surface area contributed by atoms with Gasteiger partial charge < -0.3 is 19.3 Å². The Balaban J connectivity index is 1.05. The third kappa shape index (κ3) is 6.33. The highest BCUT2D eigenvalue weighted by atomic mass is 19.1. The first-order valence-corrected chi connectivity index (χ1v) is 15.2. The van der Waals surface area contributed by atoms with Crippen LogP contribution in [0.4, 0.5) is 10.1 Å². The Bertz CT molecular complexity index is 1680. The van der Waals surface area contributed by atoms with Crippen molar-refractivity contribution in [2.75, 3.05) is 37.7 Å². The number of nitrogens with zero attached hydrogens (tertiary/aromatic N) is 4. The SMILES string of the molecule is CCOc1cc(C#N)ccc1N1CCN(Cc2ccc(COc3cccc4c3CN(C3CCC(=O)NC3=O)C4=O)c(F)c2)CC1. The van der Waals surface area contributed by atoms with Crippen molar-refractivity contribution in [1.29, 1.82) is 5.26 Å². The van der Waals surface area contributed by atoms with Gasteiger partial charge in [0.15, 0.2) is 0 Å². The van der Waals surface area contributed by atoms with Crippen LogP contribution < -0.4 is 19.7 Å². The molecule has 3 aliphatic rings. The van der Waals surface area contributed by atoms with Crippen molar-refractivity contribution in [3.05, 3.63) is 88.2 Å². The largest absolute Gasteiger partial charge is 0.492 e. The maximum Gasteiger partial charge on any atom is 0.255 e. The van der Waals surface area contributed by atoms with Gasteiger partial charge in [0.25, 0.3) is 5.91 Å². The first-order valence-electron chi connectivity index (χ1n) is 15.2. The van der Waals surface area contributed by atoms with E-state index in [1.165, 1.54) is 4.90 Å². The molecule has 10 nitrogen and oxygen atoms in total. The number of hydrogen-bond donors (Lipinski definition) is 1. The van der Waals surface area contributed by atoms with Gasteiger partial charge in [-0.3, -0.25) is 24.6 Å². The summed E-state index contributed by atoms with van der Waals surface area (Å²) < 4.78 is 27.0. The van der Waals surface area contributed by atoms with E-state index in [2.05, 4.69) is 21.2 Å². The molecule has 0 radical (unpaired) electrons. The van der Waals surface area contributed by atoms with Crippen LogP contribution in [0.2, 0.25) is 0 Å². The van der Waals surface area contributed by atoms with Gasteiger partial charge in [-0.2, -0.15) is 5.26 Å². The molecular formula is C34H34FN5O5. The minimum Gasteiger partial charge on any atom is -0.492 e. The number of carbonyl (C=O) groups is 3. The smallest absolute Gasteiger partial charge is 0.255 e. The van der Waals surface area contributed by atoms with Gasteiger partial charge in [-0.15, -0.1) is 0 Å². The van der Waals surface area contributed by atoms with E-state index in [0.29, 0.717) is 46.9 Å². The summed E-state index contributed by atoms with van der Waals surface area (Å²) >= 11 is 0. The van der Waals surface area contributed by atoms with Gasteiger partial charge in [0, 0.05) is 61.9 Å². The Morgan fingerprint density at radius 1 is 1.00 bits per heavy atom. The number of carbonyl (C=O) groups excluding carboxylic acids is 3. The van der Waals surface area contributed by atoms with Crippen LogP contribution in [-0.2, 0) is 29.3 Å². The highest BCUT2D eigenvalue weighted by molar-refractivity contribution is 6.05. The lowest BCUT2D eigenvalue weighted by molar-refractivity contribution is -0.136. The highest BCUT2D eigenvalue weighted by Gasteiger charge is 2.40. The number of fused-ring (bicyclic) bond motifs is 1. The molecule has 0 aliphatic carbocycles. The lowest BCUT2D eigenvalue weighted by Gasteiger charge is -2.36. The quantitative estimate of drug-likeness (QED) is 0.364. The summed E-state index contributed by atoms with van der Waals surface area (Å²) in [6.45, 7) is 6.39. The first kappa shape index (κ1) is 30.1. The van der Waals surface area contributed by atoms with Crippen LogP contribution in [0.25, 0.3) is 0 Å². The minimum atomic E-state index is -0.716. The molecule has 3 aromatic rings. The lowest BCUT2D eigenvalue weighted by Crippen LogP contribution is -2.52. The minimum absolute atomic E-state index is 0.0133. The fraction of sp³-hybridized carbons (Fsp3) is 0.353. The number of hydrogen-bond acceptors (Lipinski definition) is 8. The molecule has 3 heterocycles. The van der Waals surface area contributed by atoms with E-state index < -0.39 is 11.9 Å². The van der Waals surface area contributed by atoms with E-state index in [0.717, 1.165) is 37.4 Å². The van der Waals surface area contributed by atoms with Crippen molar-refractivity contribution in [2.45, 2.75) is 45.5 Å². The second-order valence-corrected chi connectivity index (χ2v) is 11.4. The van der Waals surface area contributed by atoms with Crippen LogP contribution in [0.1, 0.15) is 52.4 Å². The molecule has 6 rings (SSSR count). The summed E-state index contributed by atoms with van der Waals surface area (Å²) in [5, 5.41) is 11.5. The predicted molar refractivity (Wildman–Crippen MR) is 163 cm³/mol. The zero-order valence-electron chi connectivity index (χ0n) is 25.1. The Kier molecular flexibility index (Phi) is 8.67. The van der Waals surface area contributed by atoms with Crippen molar-refractivity contribution in [3.63, 3.8) is 0 Å².